The molecule has 0 aliphatic heterocycles. The molecule has 0 N–H and O–H groups in total. The second-order valence-electron chi connectivity index (χ2n) is 12.8. The topological polar surface area (TPSA) is 65.0 Å². The van der Waals surface area contributed by atoms with Crippen LogP contribution in [-0.2, 0) is 0 Å². The number of thiophene rings is 1. The number of aromatic nitrogens is 3. The predicted molar refractivity (Wildman–Crippen MR) is 209 cm³/mol. The summed E-state index contributed by atoms with van der Waals surface area (Å²) >= 11 is 1.77. The van der Waals surface area contributed by atoms with Crippen molar-refractivity contribution < 1.29 is 8.83 Å². The zero-order valence-corrected chi connectivity index (χ0v) is 27.8. The third-order valence-corrected chi connectivity index (χ3v) is 11.0. The monoisotopic (exact) mass is 671 g/mol. The Bertz CT molecular complexity index is 3160. The molecule has 0 saturated heterocycles. The van der Waals surface area contributed by atoms with Crippen molar-refractivity contribution in [3.05, 3.63) is 152 Å². The lowest BCUT2D eigenvalue weighted by Crippen LogP contribution is -2.00. The Morgan fingerprint density at radius 2 is 0.961 bits per heavy atom. The molecule has 0 aliphatic rings. The van der Waals surface area contributed by atoms with Crippen LogP contribution in [-0.4, -0.2) is 15.0 Å². The molecule has 51 heavy (non-hydrogen) atoms. The van der Waals surface area contributed by atoms with Crippen molar-refractivity contribution in [3.8, 4) is 45.3 Å². The molecule has 0 atom stereocenters. The van der Waals surface area contributed by atoms with Gasteiger partial charge in [-0.25, -0.2) is 15.0 Å². The molecule has 0 amide bonds. The third-order valence-electron chi connectivity index (χ3n) is 9.76. The molecule has 0 fully saturated rings. The van der Waals surface area contributed by atoms with Crippen LogP contribution < -0.4 is 0 Å². The quantitative estimate of drug-likeness (QED) is 0.186. The SMILES string of the molecule is c1ccc(-c2nc(-c3cccc4c3oc3ccc(-c5ccc6oc7ccccc7c6c5)cc34)nc(-c3cccc4c3sc3ccccc34)n2)cc1. The first-order valence-electron chi connectivity index (χ1n) is 16.8. The summed E-state index contributed by atoms with van der Waals surface area (Å²) in [5.41, 5.74) is 8.29. The minimum Gasteiger partial charge on any atom is -0.456 e. The van der Waals surface area contributed by atoms with Gasteiger partial charge in [-0.3, -0.25) is 0 Å². The fraction of sp³-hybridized carbons (Fsp3) is 0. The maximum Gasteiger partial charge on any atom is 0.167 e. The first-order chi connectivity index (χ1) is 25.2. The van der Waals surface area contributed by atoms with Crippen LogP contribution in [0.3, 0.4) is 0 Å². The van der Waals surface area contributed by atoms with E-state index in [1.807, 2.05) is 54.6 Å². The van der Waals surface area contributed by atoms with Gasteiger partial charge < -0.3 is 8.83 Å². The highest BCUT2D eigenvalue weighted by Crippen LogP contribution is 2.41. The molecule has 6 heteroatoms. The molecule has 0 spiro atoms. The van der Waals surface area contributed by atoms with Crippen molar-refractivity contribution in [2.75, 3.05) is 0 Å². The lowest BCUT2D eigenvalue weighted by atomic mass is 10.00. The van der Waals surface area contributed by atoms with Gasteiger partial charge in [-0.15, -0.1) is 11.3 Å². The number of benzene rings is 7. The zero-order chi connectivity index (χ0) is 33.5. The van der Waals surface area contributed by atoms with Crippen LogP contribution in [0.15, 0.2) is 160 Å². The van der Waals surface area contributed by atoms with Gasteiger partial charge in [-0.1, -0.05) is 103 Å². The molecule has 0 aliphatic carbocycles. The van der Waals surface area contributed by atoms with Gasteiger partial charge in [0.15, 0.2) is 17.5 Å². The Morgan fingerprint density at radius 1 is 0.373 bits per heavy atom. The lowest BCUT2D eigenvalue weighted by Gasteiger charge is -2.09. The Balaban J connectivity index is 1.10. The minimum absolute atomic E-state index is 0.569. The molecule has 0 saturated carbocycles. The minimum atomic E-state index is 0.569. The lowest BCUT2D eigenvalue weighted by molar-refractivity contribution is 0.668. The highest BCUT2D eigenvalue weighted by atomic mass is 32.1. The molecule has 11 rings (SSSR count). The predicted octanol–water partition coefficient (Wildman–Crippen LogP) is 12.7. The molecule has 5 nitrogen and oxygen atoms in total. The van der Waals surface area contributed by atoms with Crippen LogP contribution in [0.1, 0.15) is 0 Å². The smallest absolute Gasteiger partial charge is 0.167 e. The van der Waals surface area contributed by atoms with Crippen LogP contribution >= 0.6 is 11.3 Å². The number of furan rings is 2. The van der Waals surface area contributed by atoms with E-state index in [4.69, 9.17) is 23.8 Å². The van der Waals surface area contributed by atoms with Crippen molar-refractivity contribution in [3.63, 3.8) is 0 Å². The van der Waals surface area contributed by atoms with E-state index >= 15 is 0 Å². The Morgan fingerprint density at radius 3 is 1.78 bits per heavy atom. The van der Waals surface area contributed by atoms with E-state index in [9.17, 15) is 0 Å². The Hall–Kier alpha value is -6.63. The number of para-hydroxylation sites is 2. The van der Waals surface area contributed by atoms with Gasteiger partial charge in [0.25, 0.3) is 0 Å². The second-order valence-corrected chi connectivity index (χ2v) is 13.8. The van der Waals surface area contributed by atoms with Gasteiger partial charge in [0.2, 0.25) is 0 Å². The molecule has 4 heterocycles. The summed E-state index contributed by atoms with van der Waals surface area (Å²) in [4.78, 5) is 15.3. The third kappa shape index (κ3) is 4.43. The molecular weight excluding hydrogens is 647 g/mol. The normalized spacial score (nSPS) is 11.9. The Kier molecular flexibility index (Phi) is 6.05. The number of nitrogens with zero attached hydrogens (tertiary/aromatic N) is 3. The van der Waals surface area contributed by atoms with Crippen LogP contribution in [0.4, 0.5) is 0 Å². The standard InChI is InChI=1S/C45H25N3O2S/c1-2-10-26(11-3-1)43-46-44(48-45(47-43)34-17-9-15-32-30-13-5-7-19-40(30)51-42(32)34)33-16-8-14-31-36-25-28(21-23-39(36)50-41(31)33)27-20-22-38-35(24-27)29-12-4-6-18-37(29)49-38/h1-25H. The second kappa shape index (κ2) is 10.9. The summed E-state index contributed by atoms with van der Waals surface area (Å²) in [6.07, 6.45) is 0. The van der Waals surface area contributed by atoms with Crippen LogP contribution in [0.5, 0.6) is 0 Å². The highest BCUT2D eigenvalue weighted by molar-refractivity contribution is 7.26. The average Bonchev–Trinajstić information content (AvgIpc) is 3.89. The van der Waals surface area contributed by atoms with E-state index in [2.05, 4.69) is 97.1 Å². The van der Waals surface area contributed by atoms with E-state index in [-0.39, 0.29) is 0 Å². The average molecular weight is 672 g/mol. The molecule has 0 unspecified atom stereocenters. The van der Waals surface area contributed by atoms with Crippen LogP contribution in [0.2, 0.25) is 0 Å². The summed E-state index contributed by atoms with van der Waals surface area (Å²) in [5, 5.41) is 6.70. The number of hydrogen-bond donors (Lipinski definition) is 0. The number of fused-ring (bicyclic) bond motifs is 9. The first kappa shape index (κ1) is 28.2. The van der Waals surface area contributed by atoms with Crippen molar-refractivity contribution in [1.29, 1.82) is 0 Å². The summed E-state index contributed by atoms with van der Waals surface area (Å²) in [7, 11) is 0. The van der Waals surface area contributed by atoms with Gasteiger partial charge in [-0.2, -0.15) is 0 Å². The fourth-order valence-electron chi connectivity index (χ4n) is 7.32. The molecule has 11 aromatic rings. The van der Waals surface area contributed by atoms with E-state index in [0.717, 1.165) is 76.4 Å². The first-order valence-corrected chi connectivity index (χ1v) is 17.7. The molecule has 0 bridgehead atoms. The van der Waals surface area contributed by atoms with E-state index in [1.54, 1.807) is 11.3 Å². The summed E-state index contributed by atoms with van der Waals surface area (Å²) in [6, 6.07) is 52.2. The van der Waals surface area contributed by atoms with Gasteiger partial charge in [0.05, 0.1) is 5.56 Å². The van der Waals surface area contributed by atoms with Gasteiger partial charge in [0, 0.05) is 52.8 Å². The molecule has 7 aromatic carbocycles. The van der Waals surface area contributed by atoms with Crippen LogP contribution in [0, 0.1) is 0 Å². The van der Waals surface area contributed by atoms with Crippen molar-refractivity contribution in [1.82, 2.24) is 15.0 Å². The number of rotatable bonds is 4. The summed E-state index contributed by atoms with van der Waals surface area (Å²) in [6.45, 7) is 0. The Labute approximate surface area is 295 Å². The highest BCUT2D eigenvalue weighted by Gasteiger charge is 2.20. The van der Waals surface area contributed by atoms with Crippen molar-refractivity contribution in [2.24, 2.45) is 0 Å². The van der Waals surface area contributed by atoms with E-state index < -0.39 is 0 Å². The summed E-state index contributed by atoms with van der Waals surface area (Å²) in [5.74, 6) is 1.82. The van der Waals surface area contributed by atoms with Crippen molar-refractivity contribution >= 4 is 75.4 Å². The fourth-order valence-corrected chi connectivity index (χ4v) is 8.53. The van der Waals surface area contributed by atoms with Gasteiger partial charge >= 0.3 is 0 Å². The molecule has 0 radical (unpaired) electrons. The van der Waals surface area contributed by atoms with E-state index in [1.165, 1.54) is 15.5 Å². The molecule has 4 aromatic heterocycles. The molecule has 238 valence electrons. The van der Waals surface area contributed by atoms with E-state index in [0.29, 0.717) is 17.5 Å². The zero-order valence-electron chi connectivity index (χ0n) is 27.0. The van der Waals surface area contributed by atoms with Gasteiger partial charge in [0.1, 0.15) is 22.3 Å². The molecular formula is C45H25N3O2S. The number of hydrogen-bond acceptors (Lipinski definition) is 6. The maximum absolute atomic E-state index is 6.63. The van der Waals surface area contributed by atoms with Gasteiger partial charge in [-0.05, 0) is 59.7 Å². The van der Waals surface area contributed by atoms with Crippen LogP contribution in [0.25, 0.3) is 109 Å². The van der Waals surface area contributed by atoms with Crippen molar-refractivity contribution in [2.45, 2.75) is 0 Å². The maximum atomic E-state index is 6.63. The largest absolute Gasteiger partial charge is 0.456 e. The summed E-state index contributed by atoms with van der Waals surface area (Å²) < 4.78 is 15.1.